The predicted molar refractivity (Wildman–Crippen MR) is 70.0 cm³/mol. The van der Waals surface area contributed by atoms with Crippen LogP contribution in [0.25, 0.3) is 0 Å². The Morgan fingerprint density at radius 1 is 1.25 bits per heavy atom. The molecule has 2 atom stereocenters. The van der Waals surface area contributed by atoms with Gasteiger partial charge in [-0.25, -0.2) is 4.68 Å². The Labute approximate surface area is 115 Å². The van der Waals surface area contributed by atoms with Crippen LogP contribution in [-0.4, -0.2) is 45.0 Å². The number of fused-ring (bicyclic) bond motifs is 3. The van der Waals surface area contributed by atoms with E-state index in [0.717, 1.165) is 5.69 Å². The third-order valence-electron chi connectivity index (χ3n) is 3.95. The molecule has 2 aromatic rings. The molecule has 3 heterocycles. The van der Waals surface area contributed by atoms with Crippen LogP contribution >= 0.6 is 0 Å². The van der Waals surface area contributed by atoms with Crippen molar-refractivity contribution >= 4 is 5.91 Å². The number of rotatable bonds is 1. The van der Waals surface area contributed by atoms with Gasteiger partial charge in [0.05, 0.1) is 30.6 Å². The molecule has 1 aromatic heterocycles. The van der Waals surface area contributed by atoms with Crippen molar-refractivity contribution in [1.29, 1.82) is 0 Å². The lowest BCUT2D eigenvalue weighted by molar-refractivity contribution is -0.00488. The SMILES string of the molecule is O=C(c1ccccc1)N1C[C@@H]2[C@@H](C1)OCc1cnnn12. The summed E-state index contributed by atoms with van der Waals surface area (Å²) in [5, 5.41) is 8.04. The van der Waals surface area contributed by atoms with Crippen LogP contribution in [0.5, 0.6) is 0 Å². The molecule has 20 heavy (non-hydrogen) atoms. The van der Waals surface area contributed by atoms with Gasteiger partial charge in [0.1, 0.15) is 0 Å². The van der Waals surface area contributed by atoms with Gasteiger partial charge in [0.2, 0.25) is 0 Å². The van der Waals surface area contributed by atoms with Crippen LogP contribution in [0.4, 0.5) is 0 Å². The summed E-state index contributed by atoms with van der Waals surface area (Å²) in [5.41, 5.74) is 1.69. The van der Waals surface area contributed by atoms with Crippen molar-refractivity contribution in [3.63, 3.8) is 0 Å². The molecule has 102 valence electrons. The minimum atomic E-state index is 0.0110. The number of ether oxygens (including phenoxy) is 1. The van der Waals surface area contributed by atoms with Gasteiger partial charge in [-0.05, 0) is 12.1 Å². The topological polar surface area (TPSA) is 60.3 Å². The third kappa shape index (κ3) is 1.72. The molecule has 0 N–H and O–H groups in total. The molecule has 1 aromatic carbocycles. The minimum absolute atomic E-state index is 0.0110. The number of likely N-dealkylation sites (tertiary alicyclic amines) is 1. The van der Waals surface area contributed by atoms with E-state index >= 15 is 0 Å². The molecule has 6 nitrogen and oxygen atoms in total. The molecule has 0 spiro atoms. The molecule has 2 aliphatic rings. The lowest BCUT2D eigenvalue weighted by Crippen LogP contribution is -2.32. The van der Waals surface area contributed by atoms with E-state index in [1.54, 1.807) is 6.20 Å². The molecule has 0 unspecified atom stereocenters. The standard InChI is InChI=1S/C14H14N4O2/c19-14(10-4-2-1-3-5-10)17-7-12-13(8-17)20-9-11-6-15-16-18(11)12/h1-6,12-13H,7-9H2/t12-,13-/m1/s1. The van der Waals surface area contributed by atoms with Crippen molar-refractivity contribution in [1.82, 2.24) is 19.9 Å². The van der Waals surface area contributed by atoms with Crippen molar-refractivity contribution < 1.29 is 9.53 Å². The van der Waals surface area contributed by atoms with E-state index in [-0.39, 0.29) is 18.1 Å². The van der Waals surface area contributed by atoms with Gasteiger partial charge in [-0.1, -0.05) is 23.4 Å². The summed E-state index contributed by atoms with van der Waals surface area (Å²) in [6.45, 7) is 1.74. The van der Waals surface area contributed by atoms with E-state index in [9.17, 15) is 4.79 Å². The molecule has 0 aliphatic carbocycles. The van der Waals surface area contributed by atoms with Gasteiger partial charge in [-0.15, -0.1) is 5.10 Å². The van der Waals surface area contributed by atoms with Gasteiger partial charge in [0.25, 0.3) is 5.91 Å². The fourth-order valence-electron chi connectivity index (χ4n) is 2.92. The van der Waals surface area contributed by atoms with Gasteiger partial charge in [-0.2, -0.15) is 0 Å². The van der Waals surface area contributed by atoms with Crippen LogP contribution < -0.4 is 0 Å². The summed E-state index contributed by atoms with van der Waals surface area (Å²) in [6, 6.07) is 9.42. The summed E-state index contributed by atoms with van der Waals surface area (Å²) >= 11 is 0. The summed E-state index contributed by atoms with van der Waals surface area (Å²) in [6.07, 6.45) is 1.73. The van der Waals surface area contributed by atoms with E-state index in [0.29, 0.717) is 25.3 Å². The van der Waals surface area contributed by atoms with Crippen LogP contribution in [0.1, 0.15) is 22.1 Å². The smallest absolute Gasteiger partial charge is 0.254 e. The summed E-state index contributed by atoms with van der Waals surface area (Å²) in [4.78, 5) is 14.3. The van der Waals surface area contributed by atoms with Crippen LogP contribution in [0.15, 0.2) is 36.5 Å². The average molecular weight is 270 g/mol. The highest BCUT2D eigenvalue weighted by Crippen LogP contribution is 2.30. The van der Waals surface area contributed by atoms with Gasteiger partial charge in [0, 0.05) is 18.7 Å². The van der Waals surface area contributed by atoms with E-state index in [1.807, 2.05) is 39.9 Å². The molecular weight excluding hydrogens is 256 g/mol. The number of nitrogens with zero attached hydrogens (tertiary/aromatic N) is 4. The number of aromatic nitrogens is 3. The average Bonchev–Trinajstić information content (AvgIpc) is 3.12. The van der Waals surface area contributed by atoms with E-state index in [2.05, 4.69) is 10.3 Å². The molecular formula is C14H14N4O2. The highest BCUT2D eigenvalue weighted by Gasteiger charge is 2.41. The van der Waals surface area contributed by atoms with Crippen LogP contribution in [-0.2, 0) is 11.3 Å². The molecule has 1 fully saturated rings. The largest absolute Gasteiger partial charge is 0.368 e. The zero-order chi connectivity index (χ0) is 13.5. The minimum Gasteiger partial charge on any atom is -0.368 e. The fourth-order valence-corrected chi connectivity index (χ4v) is 2.92. The maximum atomic E-state index is 12.5. The van der Waals surface area contributed by atoms with Gasteiger partial charge >= 0.3 is 0 Å². The maximum Gasteiger partial charge on any atom is 0.254 e. The molecule has 0 bridgehead atoms. The molecule has 1 amide bonds. The van der Waals surface area contributed by atoms with Crippen LogP contribution in [0.3, 0.4) is 0 Å². The molecule has 6 heteroatoms. The first-order chi connectivity index (χ1) is 9.83. The summed E-state index contributed by atoms with van der Waals surface area (Å²) < 4.78 is 7.70. The number of hydrogen-bond donors (Lipinski definition) is 0. The second-order valence-corrected chi connectivity index (χ2v) is 5.16. The number of carbonyl (C=O) groups is 1. The van der Waals surface area contributed by atoms with Crippen molar-refractivity contribution in [2.75, 3.05) is 13.1 Å². The Morgan fingerprint density at radius 3 is 2.95 bits per heavy atom. The molecule has 0 radical (unpaired) electrons. The van der Waals surface area contributed by atoms with E-state index < -0.39 is 0 Å². The van der Waals surface area contributed by atoms with Gasteiger partial charge in [-0.3, -0.25) is 4.79 Å². The molecule has 2 aliphatic heterocycles. The number of benzene rings is 1. The lowest BCUT2D eigenvalue weighted by Gasteiger charge is -2.25. The van der Waals surface area contributed by atoms with Crippen LogP contribution in [0, 0.1) is 0 Å². The Kier molecular flexibility index (Phi) is 2.56. The van der Waals surface area contributed by atoms with E-state index in [1.165, 1.54) is 0 Å². The first-order valence-corrected chi connectivity index (χ1v) is 6.68. The number of amides is 1. The highest BCUT2D eigenvalue weighted by molar-refractivity contribution is 5.94. The third-order valence-corrected chi connectivity index (χ3v) is 3.95. The van der Waals surface area contributed by atoms with E-state index in [4.69, 9.17) is 4.74 Å². The predicted octanol–water partition coefficient (Wildman–Crippen LogP) is 0.874. The Bertz CT molecular complexity index is 640. The van der Waals surface area contributed by atoms with Gasteiger partial charge < -0.3 is 9.64 Å². The van der Waals surface area contributed by atoms with Crippen molar-refractivity contribution in [2.24, 2.45) is 0 Å². The Balaban J connectivity index is 1.58. The number of carbonyl (C=O) groups excluding carboxylic acids is 1. The monoisotopic (exact) mass is 270 g/mol. The Hall–Kier alpha value is -2.21. The van der Waals surface area contributed by atoms with Crippen molar-refractivity contribution in [2.45, 2.75) is 18.8 Å². The first kappa shape index (κ1) is 11.6. The lowest BCUT2D eigenvalue weighted by atomic mass is 10.2. The molecule has 1 saturated heterocycles. The molecule has 4 rings (SSSR count). The Morgan fingerprint density at radius 2 is 2.10 bits per heavy atom. The van der Waals surface area contributed by atoms with Crippen molar-refractivity contribution in [3.05, 3.63) is 47.8 Å². The highest BCUT2D eigenvalue weighted by atomic mass is 16.5. The first-order valence-electron chi connectivity index (χ1n) is 6.68. The quantitative estimate of drug-likeness (QED) is 0.771. The fraction of sp³-hybridized carbons (Fsp3) is 0.357. The number of hydrogen-bond acceptors (Lipinski definition) is 4. The zero-order valence-electron chi connectivity index (χ0n) is 10.8. The van der Waals surface area contributed by atoms with Crippen molar-refractivity contribution in [3.8, 4) is 0 Å². The summed E-state index contributed by atoms with van der Waals surface area (Å²) in [5.74, 6) is 0.0465. The van der Waals surface area contributed by atoms with Crippen LogP contribution in [0.2, 0.25) is 0 Å². The maximum absolute atomic E-state index is 12.5. The zero-order valence-corrected chi connectivity index (χ0v) is 10.8. The normalized spacial score (nSPS) is 24.3. The second-order valence-electron chi connectivity index (χ2n) is 5.16. The van der Waals surface area contributed by atoms with Gasteiger partial charge in [0.15, 0.2) is 0 Å². The molecule has 0 saturated carbocycles. The second kappa shape index (κ2) is 4.42. The summed E-state index contributed by atoms with van der Waals surface area (Å²) in [7, 11) is 0.